The molecule has 2 heterocycles. The number of sulfonamides is 1. The molecule has 8 heteroatoms. The van der Waals surface area contributed by atoms with Gasteiger partial charge in [0.25, 0.3) is 0 Å². The lowest BCUT2D eigenvalue weighted by atomic mass is 9.92. The number of rotatable bonds is 6. The first-order chi connectivity index (χ1) is 9.85. The van der Waals surface area contributed by atoms with Crippen LogP contribution in [0.2, 0.25) is 0 Å². The minimum absolute atomic E-state index is 0.0588. The smallest absolute Gasteiger partial charge is 0.243 e. The standard InChI is InChI=1S/C13H18N4O2S2/c1-13(2,11-5-4-6-20-11)9-17-21(18,19)10-7-15-12(14-3)16-8-10/h4-8,17H,9H2,1-3H3,(H,14,15,16). The summed E-state index contributed by atoms with van der Waals surface area (Å²) in [7, 11) is -1.94. The molecule has 114 valence electrons. The van der Waals surface area contributed by atoms with Crippen molar-refractivity contribution in [2.75, 3.05) is 18.9 Å². The molecule has 0 atom stereocenters. The van der Waals surface area contributed by atoms with Crippen LogP contribution in [0.3, 0.4) is 0 Å². The van der Waals surface area contributed by atoms with Crippen molar-refractivity contribution < 1.29 is 8.42 Å². The average molecular weight is 326 g/mol. The van der Waals surface area contributed by atoms with Crippen molar-refractivity contribution in [3.63, 3.8) is 0 Å². The molecule has 0 aliphatic heterocycles. The zero-order chi connectivity index (χ0) is 15.5. The van der Waals surface area contributed by atoms with Crippen LogP contribution in [0.5, 0.6) is 0 Å². The van der Waals surface area contributed by atoms with Crippen LogP contribution in [0.4, 0.5) is 5.95 Å². The summed E-state index contributed by atoms with van der Waals surface area (Å²) in [5, 5.41) is 4.73. The molecule has 0 aliphatic rings. The molecular weight excluding hydrogens is 308 g/mol. The third-order valence-corrected chi connectivity index (χ3v) is 5.65. The highest BCUT2D eigenvalue weighted by atomic mass is 32.2. The molecule has 0 amide bonds. The van der Waals surface area contributed by atoms with Crippen LogP contribution in [-0.2, 0) is 15.4 Å². The quantitative estimate of drug-likeness (QED) is 0.846. The summed E-state index contributed by atoms with van der Waals surface area (Å²) in [6.45, 7) is 4.31. The van der Waals surface area contributed by atoms with Crippen LogP contribution >= 0.6 is 11.3 Å². The Labute approximate surface area is 128 Å². The lowest BCUT2D eigenvalue weighted by molar-refractivity contribution is 0.509. The van der Waals surface area contributed by atoms with Crippen molar-refractivity contribution in [2.24, 2.45) is 0 Å². The molecule has 0 spiro atoms. The fraction of sp³-hybridized carbons (Fsp3) is 0.385. The van der Waals surface area contributed by atoms with E-state index in [-0.39, 0.29) is 10.3 Å². The molecule has 0 fully saturated rings. The molecule has 0 saturated carbocycles. The maximum Gasteiger partial charge on any atom is 0.243 e. The summed E-state index contributed by atoms with van der Waals surface area (Å²) < 4.78 is 27.1. The Morgan fingerprint density at radius 1 is 1.29 bits per heavy atom. The Balaban J connectivity index is 2.10. The number of hydrogen-bond acceptors (Lipinski definition) is 6. The van der Waals surface area contributed by atoms with Crippen LogP contribution in [-0.4, -0.2) is 32.0 Å². The van der Waals surface area contributed by atoms with Gasteiger partial charge in [-0.25, -0.2) is 23.1 Å². The number of hydrogen-bond donors (Lipinski definition) is 2. The first-order valence-corrected chi connectivity index (χ1v) is 8.75. The Kier molecular flexibility index (Phi) is 4.60. The second kappa shape index (κ2) is 6.08. The zero-order valence-electron chi connectivity index (χ0n) is 12.1. The molecule has 0 radical (unpaired) electrons. The lowest BCUT2D eigenvalue weighted by Gasteiger charge is -2.23. The Hall–Kier alpha value is -1.51. The highest BCUT2D eigenvalue weighted by molar-refractivity contribution is 7.89. The van der Waals surface area contributed by atoms with E-state index < -0.39 is 10.0 Å². The number of anilines is 1. The van der Waals surface area contributed by atoms with E-state index in [1.54, 1.807) is 18.4 Å². The van der Waals surface area contributed by atoms with E-state index in [0.29, 0.717) is 12.5 Å². The fourth-order valence-corrected chi connectivity index (χ4v) is 3.65. The van der Waals surface area contributed by atoms with E-state index in [1.807, 2.05) is 31.4 Å². The van der Waals surface area contributed by atoms with Crippen LogP contribution in [0.25, 0.3) is 0 Å². The van der Waals surface area contributed by atoms with Gasteiger partial charge in [-0.1, -0.05) is 19.9 Å². The maximum atomic E-state index is 12.2. The van der Waals surface area contributed by atoms with Gasteiger partial charge in [0.05, 0.1) is 12.4 Å². The number of nitrogens with one attached hydrogen (secondary N) is 2. The third kappa shape index (κ3) is 3.78. The first-order valence-electron chi connectivity index (χ1n) is 6.38. The molecule has 0 saturated heterocycles. The van der Waals surface area contributed by atoms with E-state index >= 15 is 0 Å². The van der Waals surface area contributed by atoms with Gasteiger partial charge in [0.2, 0.25) is 16.0 Å². The Morgan fingerprint density at radius 2 is 1.95 bits per heavy atom. The van der Waals surface area contributed by atoms with Gasteiger partial charge in [-0.15, -0.1) is 11.3 Å². The minimum atomic E-state index is -3.61. The normalized spacial score (nSPS) is 12.3. The number of thiophene rings is 1. The number of nitrogens with zero attached hydrogens (tertiary/aromatic N) is 2. The van der Waals surface area contributed by atoms with Gasteiger partial charge >= 0.3 is 0 Å². The summed E-state index contributed by atoms with van der Waals surface area (Å²) in [6.07, 6.45) is 2.58. The molecular formula is C13H18N4O2S2. The number of aromatic nitrogens is 2. The fourth-order valence-electron chi connectivity index (χ4n) is 1.69. The summed E-state index contributed by atoms with van der Waals surface area (Å²) in [5.74, 6) is 0.382. The predicted octanol–water partition coefficient (Wildman–Crippen LogP) is 1.84. The van der Waals surface area contributed by atoms with Crippen molar-refractivity contribution in [1.29, 1.82) is 0 Å². The van der Waals surface area contributed by atoms with Gasteiger partial charge in [-0.05, 0) is 11.4 Å². The lowest BCUT2D eigenvalue weighted by Crippen LogP contribution is -2.36. The zero-order valence-corrected chi connectivity index (χ0v) is 13.8. The minimum Gasteiger partial charge on any atom is -0.357 e. The summed E-state index contributed by atoms with van der Waals surface area (Å²) in [6, 6.07) is 3.96. The van der Waals surface area contributed by atoms with E-state index in [1.165, 1.54) is 12.4 Å². The average Bonchev–Trinajstić information content (AvgIpc) is 3.01. The summed E-state index contributed by atoms with van der Waals surface area (Å²) in [4.78, 5) is 9.03. The first kappa shape index (κ1) is 15.9. The van der Waals surface area contributed by atoms with Crippen molar-refractivity contribution in [3.05, 3.63) is 34.8 Å². The molecule has 0 aliphatic carbocycles. The largest absolute Gasteiger partial charge is 0.357 e. The molecule has 2 N–H and O–H groups in total. The van der Waals surface area contributed by atoms with Crippen molar-refractivity contribution >= 4 is 27.3 Å². The molecule has 0 aromatic carbocycles. The molecule has 6 nitrogen and oxygen atoms in total. The van der Waals surface area contributed by atoms with Crippen molar-refractivity contribution in [3.8, 4) is 0 Å². The van der Waals surface area contributed by atoms with Gasteiger partial charge in [0.15, 0.2) is 0 Å². The van der Waals surface area contributed by atoms with Crippen LogP contribution in [0.15, 0.2) is 34.8 Å². The van der Waals surface area contributed by atoms with Gasteiger partial charge in [-0.2, -0.15) is 0 Å². The SMILES string of the molecule is CNc1ncc(S(=O)(=O)NCC(C)(C)c2cccs2)cn1. The van der Waals surface area contributed by atoms with Gasteiger partial charge < -0.3 is 5.32 Å². The monoisotopic (exact) mass is 326 g/mol. The second-order valence-electron chi connectivity index (χ2n) is 5.18. The highest BCUT2D eigenvalue weighted by Gasteiger charge is 2.25. The van der Waals surface area contributed by atoms with E-state index in [9.17, 15) is 8.42 Å². The van der Waals surface area contributed by atoms with E-state index in [2.05, 4.69) is 20.0 Å². The summed E-state index contributed by atoms with van der Waals surface area (Å²) >= 11 is 1.61. The molecule has 0 unspecified atom stereocenters. The Bertz CT molecular complexity index is 679. The van der Waals surface area contributed by atoms with Gasteiger partial charge in [0.1, 0.15) is 4.90 Å². The topological polar surface area (TPSA) is 84.0 Å². The molecule has 0 bridgehead atoms. The van der Waals surface area contributed by atoms with Crippen molar-refractivity contribution in [2.45, 2.75) is 24.2 Å². The molecule has 2 aromatic rings. The van der Waals surface area contributed by atoms with Crippen LogP contribution in [0.1, 0.15) is 18.7 Å². The molecule has 2 aromatic heterocycles. The molecule has 21 heavy (non-hydrogen) atoms. The van der Waals surface area contributed by atoms with E-state index in [4.69, 9.17) is 0 Å². The summed E-state index contributed by atoms with van der Waals surface area (Å²) in [5.41, 5.74) is -0.271. The second-order valence-corrected chi connectivity index (χ2v) is 7.89. The van der Waals surface area contributed by atoms with E-state index in [0.717, 1.165) is 4.88 Å². The third-order valence-electron chi connectivity index (χ3n) is 3.05. The maximum absolute atomic E-state index is 12.2. The van der Waals surface area contributed by atoms with Gasteiger partial charge in [0, 0.05) is 23.9 Å². The van der Waals surface area contributed by atoms with Crippen LogP contribution in [0, 0.1) is 0 Å². The van der Waals surface area contributed by atoms with Crippen LogP contribution < -0.4 is 10.0 Å². The predicted molar refractivity (Wildman–Crippen MR) is 84.1 cm³/mol. The Morgan fingerprint density at radius 3 is 2.48 bits per heavy atom. The molecule has 2 rings (SSSR count). The van der Waals surface area contributed by atoms with Crippen molar-refractivity contribution in [1.82, 2.24) is 14.7 Å². The van der Waals surface area contributed by atoms with Gasteiger partial charge in [-0.3, -0.25) is 0 Å². The highest BCUT2D eigenvalue weighted by Crippen LogP contribution is 2.27.